The van der Waals surface area contributed by atoms with Crippen molar-refractivity contribution < 1.29 is 18.7 Å². The van der Waals surface area contributed by atoms with Gasteiger partial charge in [0.05, 0.1) is 5.69 Å². The van der Waals surface area contributed by atoms with E-state index in [0.29, 0.717) is 34.7 Å². The van der Waals surface area contributed by atoms with Crippen LogP contribution in [0.4, 0.5) is 10.1 Å². The minimum Gasteiger partial charge on any atom is -0.484 e. The van der Waals surface area contributed by atoms with Gasteiger partial charge in [-0.1, -0.05) is 0 Å². The van der Waals surface area contributed by atoms with Crippen LogP contribution >= 0.6 is 0 Å². The Hall–Kier alpha value is -4.27. The van der Waals surface area contributed by atoms with Crippen LogP contribution in [0, 0.1) is 33.5 Å². The number of rotatable bonds is 7. The Morgan fingerprint density at radius 2 is 1.65 bits per heavy atom. The predicted octanol–water partition coefficient (Wildman–Crippen LogP) is 4.84. The van der Waals surface area contributed by atoms with E-state index in [9.17, 15) is 9.18 Å². The van der Waals surface area contributed by atoms with Gasteiger partial charge in [0.1, 0.15) is 23.1 Å². The largest absolute Gasteiger partial charge is 0.484 e. The third-order valence-corrected chi connectivity index (χ3v) is 5.22. The zero-order valence-electron chi connectivity index (χ0n) is 19.3. The molecule has 0 bridgehead atoms. The average Bonchev–Trinajstić information content (AvgIpc) is 3.07. The highest BCUT2D eigenvalue weighted by Crippen LogP contribution is 2.24. The molecule has 0 aliphatic carbocycles. The lowest BCUT2D eigenvalue weighted by atomic mass is 10.2. The normalized spacial score (nSPS) is 10.7. The molecule has 1 N–H and O–H groups in total. The highest BCUT2D eigenvalue weighted by atomic mass is 19.1. The zero-order chi connectivity index (χ0) is 24.2. The highest BCUT2D eigenvalue weighted by Gasteiger charge is 2.13. The highest BCUT2D eigenvalue weighted by molar-refractivity contribution is 5.91. The molecule has 34 heavy (non-hydrogen) atoms. The van der Waals surface area contributed by atoms with E-state index in [1.807, 2.05) is 20.8 Å². The van der Waals surface area contributed by atoms with Gasteiger partial charge in [-0.3, -0.25) is 4.79 Å². The molecule has 0 radical (unpaired) electrons. The number of carbonyl (C=O) groups is 1. The van der Waals surface area contributed by atoms with Gasteiger partial charge in [0, 0.05) is 17.4 Å². The summed E-state index contributed by atoms with van der Waals surface area (Å²) < 4.78 is 26.0. The number of hydrogen-bond acceptors (Lipinski definition) is 6. The van der Waals surface area contributed by atoms with Gasteiger partial charge in [-0.15, -0.1) is 0 Å². The maximum Gasteiger partial charge on any atom is 0.262 e. The number of amides is 1. The van der Waals surface area contributed by atoms with Crippen LogP contribution in [0.25, 0.3) is 5.82 Å². The van der Waals surface area contributed by atoms with Gasteiger partial charge in [-0.2, -0.15) is 10.1 Å². The number of aromatic nitrogens is 4. The first-order valence-electron chi connectivity index (χ1n) is 10.6. The summed E-state index contributed by atoms with van der Waals surface area (Å²) in [5.74, 6) is 1.83. The Morgan fingerprint density at radius 3 is 2.29 bits per heavy atom. The molecule has 0 unspecified atom stereocenters. The van der Waals surface area contributed by atoms with Gasteiger partial charge in [0.25, 0.3) is 5.91 Å². The first-order valence-corrected chi connectivity index (χ1v) is 10.6. The number of nitrogens with zero attached hydrogens (tertiary/aromatic N) is 4. The van der Waals surface area contributed by atoms with Crippen molar-refractivity contribution in [3.05, 3.63) is 83.2 Å². The third-order valence-electron chi connectivity index (χ3n) is 5.22. The Labute approximate surface area is 196 Å². The van der Waals surface area contributed by atoms with Crippen LogP contribution in [0.1, 0.15) is 22.8 Å². The maximum absolute atomic E-state index is 12.9. The van der Waals surface area contributed by atoms with Gasteiger partial charge >= 0.3 is 0 Å². The van der Waals surface area contributed by atoms with Crippen molar-refractivity contribution in [2.45, 2.75) is 27.7 Å². The first kappa shape index (κ1) is 22.9. The Kier molecular flexibility index (Phi) is 6.53. The van der Waals surface area contributed by atoms with Gasteiger partial charge in [-0.05, 0) is 81.8 Å². The summed E-state index contributed by atoms with van der Waals surface area (Å²) in [6.07, 6.45) is 0. The molecule has 9 heteroatoms. The predicted molar refractivity (Wildman–Crippen MR) is 125 cm³/mol. The Balaban J connectivity index is 1.39. The molecule has 4 aromatic rings. The fourth-order valence-corrected chi connectivity index (χ4v) is 3.23. The second-order valence-electron chi connectivity index (χ2n) is 7.74. The maximum atomic E-state index is 12.9. The minimum absolute atomic E-state index is 0.196. The molecule has 0 saturated heterocycles. The number of hydrogen-bond donors (Lipinski definition) is 1. The van der Waals surface area contributed by atoms with Crippen LogP contribution < -0.4 is 14.8 Å². The molecule has 0 saturated carbocycles. The number of benzene rings is 2. The average molecular weight is 461 g/mol. The number of carbonyl (C=O) groups excluding carboxylic acids is 1. The van der Waals surface area contributed by atoms with E-state index >= 15 is 0 Å². The molecule has 0 aliphatic rings. The van der Waals surface area contributed by atoms with E-state index in [0.717, 1.165) is 17.0 Å². The molecule has 0 aliphatic heterocycles. The van der Waals surface area contributed by atoms with Gasteiger partial charge in [0.2, 0.25) is 5.88 Å². The minimum atomic E-state index is -0.367. The van der Waals surface area contributed by atoms with Gasteiger partial charge in [-0.25, -0.2) is 14.1 Å². The number of aryl methyl sites for hydroxylation is 2. The smallest absolute Gasteiger partial charge is 0.262 e. The van der Waals surface area contributed by atoms with E-state index in [-0.39, 0.29) is 18.3 Å². The fourth-order valence-electron chi connectivity index (χ4n) is 3.23. The number of ether oxygens (including phenoxy) is 2. The molecule has 174 valence electrons. The molecule has 4 rings (SSSR count). The molecule has 0 fully saturated rings. The number of nitrogens with one attached hydrogen (secondary N) is 1. The molecular weight excluding hydrogens is 437 g/mol. The second-order valence-corrected chi connectivity index (χ2v) is 7.74. The molecule has 8 nitrogen and oxygen atoms in total. The van der Waals surface area contributed by atoms with Crippen LogP contribution in [0.2, 0.25) is 0 Å². The standard InChI is InChI=1S/C25H24FN5O3/c1-15-16(2)30-31(17(15)3)23-13-25(28-18(4)27-23)34-22-11-7-20(8-12-22)29-24(32)14-33-21-9-5-19(26)6-10-21/h5-13H,14H2,1-4H3,(H,29,32). The molecule has 1 amide bonds. The second kappa shape index (κ2) is 9.70. The zero-order valence-corrected chi connectivity index (χ0v) is 19.3. The topological polar surface area (TPSA) is 91.2 Å². The molecule has 2 aromatic heterocycles. The Bertz CT molecular complexity index is 1320. The van der Waals surface area contributed by atoms with Crippen molar-refractivity contribution in [1.82, 2.24) is 19.7 Å². The summed E-state index contributed by atoms with van der Waals surface area (Å²) >= 11 is 0. The SMILES string of the molecule is Cc1nc(Oc2ccc(NC(=O)COc3ccc(F)cc3)cc2)cc(-n2nc(C)c(C)c2C)n1. The first-order chi connectivity index (χ1) is 16.3. The fraction of sp³-hybridized carbons (Fsp3) is 0.200. The Morgan fingerprint density at radius 1 is 0.971 bits per heavy atom. The lowest BCUT2D eigenvalue weighted by molar-refractivity contribution is -0.118. The molecule has 0 atom stereocenters. The van der Waals surface area contributed by atoms with Crippen molar-refractivity contribution in [3.63, 3.8) is 0 Å². The van der Waals surface area contributed by atoms with Gasteiger partial charge in [0.15, 0.2) is 12.4 Å². The van der Waals surface area contributed by atoms with Crippen LogP contribution in [0.15, 0.2) is 54.6 Å². The lowest BCUT2D eigenvalue weighted by Gasteiger charge is -2.10. The van der Waals surface area contributed by atoms with E-state index in [1.54, 1.807) is 41.9 Å². The molecule has 2 aromatic carbocycles. The third kappa shape index (κ3) is 5.37. The molecular formula is C25H24FN5O3. The monoisotopic (exact) mass is 461 g/mol. The van der Waals surface area contributed by atoms with Crippen LogP contribution in [-0.2, 0) is 4.79 Å². The lowest BCUT2D eigenvalue weighted by Crippen LogP contribution is -2.20. The van der Waals surface area contributed by atoms with E-state index in [4.69, 9.17) is 9.47 Å². The van der Waals surface area contributed by atoms with Crippen molar-refractivity contribution in [3.8, 4) is 23.2 Å². The van der Waals surface area contributed by atoms with Gasteiger partial charge < -0.3 is 14.8 Å². The summed E-state index contributed by atoms with van der Waals surface area (Å²) in [7, 11) is 0. The van der Waals surface area contributed by atoms with Crippen LogP contribution in [-0.4, -0.2) is 32.3 Å². The number of halogens is 1. The summed E-state index contributed by atoms with van der Waals surface area (Å²) in [6.45, 7) is 7.57. The summed E-state index contributed by atoms with van der Waals surface area (Å²) in [5, 5.41) is 7.29. The molecule has 2 heterocycles. The quantitative estimate of drug-likeness (QED) is 0.423. The summed E-state index contributed by atoms with van der Waals surface area (Å²) in [5.41, 5.74) is 3.64. The molecule has 0 spiro atoms. The van der Waals surface area contributed by atoms with E-state index < -0.39 is 0 Å². The van der Waals surface area contributed by atoms with Crippen molar-refractivity contribution in [2.24, 2.45) is 0 Å². The van der Waals surface area contributed by atoms with Crippen molar-refractivity contribution >= 4 is 11.6 Å². The summed E-state index contributed by atoms with van der Waals surface area (Å²) in [6, 6.07) is 14.1. The van der Waals surface area contributed by atoms with E-state index in [1.165, 1.54) is 24.3 Å². The van der Waals surface area contributed by atoms with Crippen molar-refractivity contribution in [2.75, 3.05) is 11.9 Å². The van der Waals surface area contributed by atoms with Crippen LogP contribution in [0.5, 0.6) is 17.4 Å². The van der Waals surface area contributed by atoms with Crippen molar-refractivity contribution in [1.29, 1.82) is 0 Å². The van der Waals surface area contributed by atoms with Crippen LogP contribution in [0.3, 0.4) is 0 Å². The number of anilines is 1. The summed E-state index contributed by atoms with van der Waals surface area (Å²) in [4.78, 5) is 21.0. The van der Waals surface area contributed by atoms with E-state index in [2.05, 4.69) is 20.4 Å².